The van der Waals surface area contributed by atoms with Gasteiger partial charge < -0.3 is 33.5 Å². The SMILES string of the molecule is CC[C@H](C)[C@H]1O[C@]2(CC[C@@H]1C)C[C@@H]1C[C@@H](C/C=C(\C)[C@@H](OC(=O)c3ccccc3)[C@@H](C)/C=C/C=C3\CO[C@@H]4[C@H](OC(=O)Nc5ccccc5)C(C)=C[C@@H](C(=O)O1)[C@]34O)O2. The van der Waals surface area contributed by atoms with Crippen molar-refractivity contribution in [3.63, 3.8) is 0 Å². The summed E-state index contributed by atoms with van der Waals surface area (Å²) >= 11 is 0. The highest BCUT2D eigenvalue weighted by Gasteiger charge is 2.61. The Bertz CT molecular complexity index is 1960. The van der Waals surface area contributed by atoms with E-state index in [0.29, 0.717) is 59.9 Å². The molecule has 0 saturated carbocycles. The van der Waals surface area contributed by atoms with Crippen LogP contribution in [0, 0.1) is 23.7 Å². The van der Waals surface area contributed by atoms with Gasteiger partial charge in [-0.1, -0.05) is 101 Å². The summed E-state index contributed by atoms with van der Waals surface area (Å²) in [6, 6.07) is 17.8. The zero-order valence-corrected chi connectivity index (χ0v) is 35.0. The maximum absolute atomic E-state index is 14.6. The molecule has 11 nitrogen and oxygen atoms in total. The summed E-state index contributed by atoms with van der Waals surface area (Å²) in [6.45, 7) is 12.2. The second-order valence-corrected chi connectivity index (χ2v) is 17.2. The van der Waals surface area contributed by atoms with Gasteiger partial charge in [-0.2, -0.15) is 0 Å². The summed E-state index contributed by atoms with van der Waals surface area (Å²) in [4.78, 5) is 41.3. The van der Waals surface area contributed by atoms with E-state index in [1.165, 1.54) is 0 Å². The molecule has 2 N–H and O–H groups in total. The van der Waals surface area contributed by atoms with Crippen LogP contribution in [0.3, 0.4) is 0 Å². The Hall–Kier alpha value is -4.55. The molecule has 0 radical (unpaired) electrons. The van der Waals surface area contributed by atoms with Crippen molar-refractivity contribution in [2.24, 2.45) is 23.7 Å². The first-order chi connectivity index (χ1) is 28.3. The Morgan fingerprint density at radius 2 is 1.69 bits per heavy atom. The number of benzene rings is 2. The molecule has 12 atom stereocenters. The van der Waals surface area contributed by atoms with Crippen molar-refractivity contribution < 1.29 is 47.9 Å². The standard InChI is InChI=1S/C48H59NO10/c1-7-29(2)41-32(5)23-24-47(59-41)27-38-26-37(58-47)22-21-31(4)40(56-44(50)34-16-10-8-11-17-34)30(3)15-14-18-35-28-54-43-42(57-46(52)49-36-19-12-9-13-20-36)33(6)25-39(45(51)55-38)48(35,43)53/h8-21,25,29-30,32,37-43,53H,7,22-24,26-28H2,1-6H3,(H,49,52)/b15-14+,31-21+,35-18+/t29-,30-,32-,37+,38-,39-,40-,41+,42+,43+,47+,48+/m0/s1. The van der Waals surface area contributed by atoms with Gasteiger partial charge in [0.2, 0.25) is 0 Å². The number of esters is 2. The number of aliphatic hydroxyl groups is 1. The van der Waals surface area contributed by atoms with Gasteiger partial charge >= 0.3 is 18.0 Å². The molecular weight excluding hydrogens is 751 g/mol. The highest BCUT2D eigenvalue weighted by molar-refractivity contribution is 5.89. The van der Waals surface area contributed by atoms with Crippen LogP contribution in [0.5, 0.6) is 0 Å². The van der Waals surface area contributed by atoms with Gasteiger partial charge in [0.15, 0.2) is 11.9 Å². The van der Waals surface area contributed by atoms with Crippen molar-refractivity contribution in [2.45, 2.75) is 128 Å². The summed E-state index contributed by atoms with van der Waals surface area (Å²) < 4.78 is 38.8. The van der Waals surface area contributed by atoms with Crippen LogP contribution in [0.1, 0.15) is 90.4 Å². The number of amides is 1. The molecule has 1 aliphatic carbocycles. The van der Waals surface area contributed by atoms with Gasteiger partial charge in [0, 0.05) is 30.9 Å². The van der Waals surface area contributed by atoms with Crippen LogP contribution in [0.2, 0.25) is 0 Å². The number of ether oxygens (including phenoxy) is 6. The van der Waals surface area contributed by atoms with Gasteiger partial charge in [-0.05, 0) is 79.5 Å². The van der Waals surface area contributed by atoms with Crippen LogP contribution in [-0.2, 0) is 33.2 Å². The Morgan fingerprint density at radius 3 is 2.42 bits per heavy atom. The first-order valence-electron chi connectivity index (χ1n) is 21.2. The third-order valence-corrected chi connectivity index (χ3v) is 12.9. The Balaban J connectivity index is 1.26. The smallest absolute Gasteiger partial charge is 0.412 e. The fourth-order valence-electron chi connectivity index (χ4n) is 9.42. The third kappa shape index (κ3) is 9.14. The topological polar surface area (TPSA) is 139 Å². The molecule has 4 aliphatic heterocycles. The van der Waals surface area contributed by atoms with Crippen LogP contribution in [0.4, 0.5) is 10.5 Å². The molecule has 3 saturated heterocycles. The van der Waals surface area contributed by atoms with Gasteiger partial charge in [0.05, 0.1) is 24.4 Å². The van der Waals surface area contributed by atoms with Crippen LogP contribution in [0.25, 0.3) is 0 Å². The number of fused-ring (bicyclic) bond motifs is 2. The van der Waals surface area contributed by atoms with Gasteiger partial charge in [-0.25, -0.2) is 9.59 Å². The van der Waals surface area contributed by atoms with Crippen molar-refractivity contribution in [2.75, 3.05) is 11.9 Å². The molecule has 4 heterocycles. The van der Waals surface area contributed by atoms with E-state index < -0.39 is 59.8 Å². The molecule has 59 heavy (non-hydrogen) atoms. The van der Waals surface area contributed by atoms with E-state index >= 15 is 0 Å². The summed E-state index contributed by atoms with van der Waals surface area (Å²) in [6.07, 6.45) is 8.39. The van der Waals surface area contributed by atoms with E-state index in [0.717, 1.165) is 18.4 Å². The van der Waals surface area contributed by atoms with Crippen molar-refractivity contribution in [1.82, 2.24) is 0 Å². The second kappa shape index (κ2) is 18.0. The molecule has 2 aromatic rings. The lowest BCUT2D eigenvalue weighted by Gasteiger charge is -2.51. The average molecular weight is 810 g/mol. The highest BCUT2D eigenvalue weighted by Crippen LogP contribution is 2.48. The maximum Gasteiger partial charge on any atom is 0.412 e. The molecule has 316 valence electrons. The molecule has 0 aromatic heterocycles. The number of carbonyl (C=O) groups excluding carboxylic acids is 3. The number of nitrogens with one attached hydrogen (secondary N) is 1. The molecule has 5 aliphatic rings. The third-order valence-electron chi connectivity index (χ3n) is 12.9. The predicted octanol–water partition coefficient (Wildman–Crippen LogP) is 8.65. The first-order valence-corrected chi connectivity index (χ1v) is 21.2. The second-order valence-electron chi connectivity index (χ2n) is 17.2. The Morgan fingerprint density at radius 1 is 0.966 bits per heavy atom. The molecule has 1 spiro atoms. The molecule has 2 bridgehead atoms. The normalized spacial score (nSPS) is 37.6. The molecule has 11 heteroatoms. The minimum absolute atomic E-state index is 0.0260. The maximum atomic E-state index is 14.6. The minimum Gasteiger partial charge on any atom is -0.462 e. The minimum atomic E-state index is -1.92. The summed E-state index contributed by atoms with van der Waals surface area (Å²) in [5.41, 5.74) is 0.898. The van der Waals surface area contributed by atoms with Crippen LogP contribution in [0.15, 0.2) is 108 Å². The van der Waals surface area contributed by atoms with Crippen molar-refractivity contribution in [3.05, 3.63) is 113 Å². The average Bonchev–Trinajstić information content (AvgIpc) is 3.56. The molecule has 1 amide bonds. The lowest BCUT2D eigenvalue weighted by molar-refractivity contribution is -0.340. The first kappa shape index (κ1) is 42.6. The van der Waals surface area contributed by atoms with E-state index in [1.54, 1.807) is 73.7 Å². The van der Waals surface area contributed by atoms with Crippen molar-refractivity contribution >= 4 is 23.7 Å². The van der Waals surface area contributed by atoms with Gasteiger partial charge in [0.25, 0.3) is 0 Å². The van der Waals surface area contributed by atoms with Gasteiger partial charge in [-0.3, -0.25) is 10.1 Å². The number of carbonyl (C=O) groups is 3. The highest BCUT2D eigenvalue weighted by atomic mass is 16.7. The van der Waals surface area contributed by atoms with E-state index in [2.05, 4.69) is 32.2 Å². The molecule has 0 unspecified atom stereocenters. The summed E-state index contributed by atoms with van der Waals surface area (Å²) in [5, 5.41) is 15.6. The Kier molecular flexibility index (Phi) is 13.0. The van der Waals surface area contributed by atoms with E-state index in [-0.39, 0.29) is 24.7 Å². The van der Waals surface area contributed by atoms with Crippen molar-refractivity contribution in [1.29, 1.82) is 0 Å². The fourth-order valence-corrected chi connectivity index (χ4v) is 9.42. The number of para-hydroxylation sites is 1. The van der Waals surface area contributed by atoms with Crippen LogP contribution < -0.4 is 5.32 Å². The molecular formula is C48H59NO10. The van der Waals surface area contributed by atoms with E-state index in [9.17, 15) is 19.5 Å². The predicted molar refractivity (Wildman–Crippen MR) is 222 cm³/mol. The largest absolute Gasteiger partial charge is 0.462 e. The number of hydrogen-bond acceptors (Lipinski definition) is 10. The monoisotopic (exact) mass is 809 g/mol. The van der Waals surface area contributed by atoms with E-state index in [4.69, 9.17) is 28.4 Å². The number of anilines is 1. The molecule has 7 rings (SSSR count). The van der Waals surface area contributed by atoms with Crippen LogP contribution in [-0.4, -0.2) is 77.8 Å². The van der Waals surface area contributed by atoms with Crippen molar-refractivity contribution in [3.8, 4) is 0 Å². The quantitative estimate of drug-likeness (QED) is 0.166. The lowest BCUT2D eigenvalue weighted by atomic mass is 9.70. The number of rotatable bonds is 6. The number of hydrogen-bond donors (Lipinski definition) is 2. The zero-order chi connectivity index (χ0) is 41.9. The number of allylic oxidation sites excluding steroid dienone is 2. The van der Waals surface area contributed by atoms with Gasteiger partial charge in [0.1, 0.15) is 29.8 Å². The summed E-state index contributed by atoms with van der Waals surface area (Å²) in [7, 11) is 0. The molecule has 3 fully saturated rings. The van der Waals surface area contributed by atoms with E-state index in [1.807, 2.05) is 32.1 Å². The lowest BCUT2D eigenvalue weighted by Crippen LogP contribution is -2.59. The molecule has 2 aromatic carbocycles. The fraction of sp³-hybridized carbons (Fsp3) is 0.521. The van der Waals surface area contributed by atoms with Crippen LogP contribution >= 0.6 is 0 Å². The Labute approximate surface area is 347 Å². The van der Waals surface area contributed by atoms with Gasteiger partial charge in [-0.15, -0.1) is 0 Å². The summed E-state index contributed by atoms with van der Waals surface area (Å²) in [5.74, 6) is -2.84. The zero-order valence-electron chi connectivity index (χ0n) is 35.0.